The van der Waals surface area contributed by atoms with Gasteiger partial charge in [0.05, 0.1) is 32.0 Å². The fraction of sp³-hybridized carbons (Fsp3) is 0.182. The molecule has 0 atom stereocenters. The Balaban J connectivity index is 1.46. The zero-order valence-electron chi connectivity index (χ0n) is 16.8. The highest BCUT2D eigenvalue weighted by Crippen LogP contribution is 2.22. The van der Waals surface area contributed by atoms with Crippen molar-refractivity contribution in [3.63, 3.8) is 0 Å². The molecule has 1 amide bonds. The molecule has 0 radical (unpaired) electrons. The van der Waals surface area contributed by atoms with Crippen LogP contribution in [0.1, 0.15) is 15.9 Å². The molecule has 9 heteroatoms. The second kappa shape index (κ2) is 9.01. The summed E-state index contributed by atoms with van der Waals surface area (Å²) in [5.41, 5.74) is 1.68. The van der Waals surface area contributed by atoms with Crippen molar-refractivity contribution in [1.82, 2.24) is 24.6 Å². The van der Waals surface area contributed by atoms with Gasteiger partial charge in [-0.05, 0) is 23.8 Å². The van der Waals surface area contributed by atoms with Crippen LogP contribution in [-0.2, 0) is 13.1 Å². The Labute approximate surface area is 183 Å². The Morgan fingerprint density at radius 1 is 1.19 bits per heavy atom. The summed E-state index contributed by atoms with van der Waals surface area (Å²) in [4.78, 5) is 29.7. The molecule has 0 fully saturated rings. The van der Waals surface area contributed by atoms with Crippen LogP contribution >= 0.6 is 11.6 Å². The number of halogens is 1. The second-order valence-corrected chi connectivity index (χ2v) is 7.31. The summed E-state index contributed by atoms with van der Waals surface area (Å²) in [5.74, 6) is 0.126. The second-order valence-electron chi connectivity index (χ2n) is 6.87. The average Bonchev–Trinajstić information content (AvgIpc) is 3.20. The van der Waals surface area contributed by atoms with Crippen molar-refractivity contribution in [2.45, 2.75) is 13.1 Å². The molecule has 158 valence electrons. The number of amides is 1. The molecule has 0 bridgehead atoms. The third-order valence-electron chi connectivity index (χ3n) is 4.83. The molecule has 31 heavy (non-hydrogen) atoms. The number of rotatable bonds is 7. The number of carbonyl (C=O) groups excluding carboxylic acids is 1. The summed E-state index contributed by atoms with van der Waals surface area (Å²) in [7, 11) is 1.49. The number of hydrogen-bond donors (Lipinski definition) is 1. The molecule has 0 unspecified atom stereocenters. The summed E-state index contributed by atoms with van der Waals surface area (Å²) in [6.07, 6.45) is 3.03. The largest absolute Gasteiger partial charge is 0.496 e. The molecular formula is C22H20ClN5O3. The Hall–Kier alpha value is -3.65. The first kappa shape index (κ1) is 20.6. The van der Waals surface area contributed by atoms with Gasteiger partial charge in [-0.25, -0.2) is 9.67 Å². The molecule has 0 aliphatic heterocycles. The summed E-state index contributed by atoms with van der Waals surface area (Å²) in [6, 6.07) is 14.5. The number of nitrogens with zero attached hydrogens (tertiary/aromatic N) is 4. The van der Waals surface area contributed by atoms with E-state index in [1.54, 1.807) is 27.4 Å². The molecule has 4 aromatic rings. The third kappa shape index (κ3) is 4.44. The lowest BCUT2D eigenvalue weighted by Crippen LogP contribution is -2.28. The highest BCUT2D eigenvalue weighted by Gasteiger charge is 2.14. The standard InChI is InChI=1S/C22H20ClN5O3/c1-31-19-8-7-16(23)11-17(19)21(29)24-9-10-28-20-18(12-26-28)22(30)27(14-25-20)13-15-5-3-2-4-6-15/h2-8,11-12,14H,9-10,13H2,1H3,(H,24,29). The number of nitrogens with one attached hydrogen (secondary N) is 1. The van der Waals surface area contributed by atoms with Crippen LogP contribution in [0.2, 0.25) is 5.02 Å². The van der Waals surface area contributed by atoms with Gasteiger partial charge in [-0.3, -0.25) is 14.2 Å². The predicted molar refractivity (Wildman–Crippen MR) is 118 cm³/mol. The monoisotopic (exact) mass is 437 g/mol. The van der Waals surface area contributed by atoms with Gasteiger partial charge in [0.25, 0.3) is 11.5 Å². The highest BCUT2D eigenvalue weighted by atomic mass is 35.5. The minimum absolute atomic E-state index is 0.159. The van der Waals surface area contributed by atoms with E-state index in [2.05, 4.69) is 15.4 Å². The van der Waals surface area contributed by atoms with Crippen LogP contribution in [0.5, 0.6) is 5.75 Å². The molecule has 1 N–H and O–H groups in total. The van der Waals surface area contributed by atoms with Gasteiger partial charge in [-0.2, -0.15) is 5.10 Å². The summed E-state index contributed by atoms with van der Waals surface area (Å²) >= 11 is 5.99. The van der Waals surface area contributed by atoms with Crippen LogP contribution in [-0.4, -0.2) is 38.9 Å². The Morgan fingerprint density at radius 2 is 2.00 bits per heavy atom. The summed E-state index contributed by atoms with van der Waals surface area (Å²) in [6.45, 7) is 1.08. The molecule has 0 aliphatic carbocycles. The van der Waals surface area contributed by atoms with Crippen LogP contribution < -0.4 is 15.6 Å². The maximum Gasteiger partial charge on any atom is 0.264 e. The first-order valence-corrected chi connectivity index (χ1v) is 10.0. The topological polar surface area (TPSA) is 91.0 Å². The summed E-state index contributed by atoms with van der Waals surface area (Å²) in [5, 5.41) is 7.95. The number of hydrogen-bond acceptors (Lipinski definition) is 5. The summed E-state index contributed by atoms with van der Waals surface area (Å²) < 4.78 is 8.36. The number of methoxy groups -OCH3 is 1. The van der Waals surface area contributed by atoms with E-state index < -0.39 is 0 Å². The van der Waals surface area contributed by atoms with Gasteiger partial charge < -0.3 is 10.1 Å². The molecule has 0 saturated heterocycles. The Kier molecular flexibility index (Phi) is 5.99. The smallest absolute Gasteiger partial charge is 0.264 e. The van der Waals surface area contributed by atoms with E-state index in [9.17, 15) is 9.59 Å². The molecule has 2 heterocycles. The van der Waals surface area contributed by atoms with Crippen LogP contribution in [0.25, 0.3) is 11.0 Å². The van der Waals surface area contributed by atoms with Crippen molar-refractivity contribution < 1.29 is 9.53 Å². The molecular weight excluding hydrogens is 418 g/mol. The van der Waals surface area contributed by atoms with Crippen molar-refractivity contribution in [3.05, 3.63) is 87.6 Å². The molecule has 0 aliphatic rings. The van der Waals surface area contributed by atoms with Crippen LogP contribution in [0.4, 0.5) is 0 Å². The molecule has 0 saturated carbocycles. The van der Waals surface area contributed by atoms with E-state index in [1.807, 2.05) is 30.3 Å². The number of ether oxygens (including phenoxy) is 1. The average molecular weight is 438 g/mol. The van der Waals surface area contributed by atoms with Crippen LogP contribution in [0.15, 0.2) is 65.8 Å². The normalized spacial score (nSPS) is 10.9. The van der Waals surface area contributed by atoms with Gasteiger partial charge >= 0.3 is 0 Å². The first-order chi connectivity index (χ1) is 15.1. The highest BCUT2D eigenvalue weighted by molar-refractivity contribution is 6.31. The van der Waals surface area contributed by atoms with Crippen molar-refractivity contribution >= 4 is 28.5 Å². The van der Waals surface area contributed by atoms with Crippen molar-refractivity contribution in [2.75, 3.05) is 13.7 Å². The maximum atomic E-state index is 12.8. The lowest BCUT2D eigenvalue weighted by Gasteiger charge is -2.10. The predicted octanol–water partition coefficient (Wildman–Crippen LogP) is 2.73. The quantitative estimate of drug-likeness (QED) is 0.480. The van der Waals surface area contributed by atoms with Gasteiger partial charge in [0.2, 0.25) is 0 Å². The zero-order chi connectivity index (χ0) is 21.8. The molecule has 2 aromatic carbocycles. The number of benzene rings is 2. The van der Waals surface area contributed by atoms with E-state index in [-0.39, 0.29) is 11.5 Å². The zero-order valence-corrected chi connectivity index (χ0v) is 17.5. The van der Waals surface area contributed by atoms with Gasteiger partial charge in [0.15, 0.2) is 5.65 Å². The fourth-order valence-corrected chi connectivity index (χ4v) is 3.45. The van der Waals surface area contributed by atoms with E-state index in [0.29, 0.717) is 47.0 Å². The number of fused-ring (bicyclic) bond motifs is 1. The molecule has 8 nitrogen and oxygen atoms in total. The molecule has 4 rings (SSSR count). The van der Waals surface area contributed by atoms with E-state index >= 15 is 0 Å². The van der Waals surface area contributed by atoms with Gasteiger partial charge in [0.1, 0.15) is 17.5 Å². The number of aromatic nitrogens is 4. The van der Waals surface area contributed by atoms with Gasteiger partial charge in [-0.15, -0.1) is 0 Å². The molecule has 2 aromatic heterocycles. The fourth-order valence-electron chi connectivity index (χ4n) is 3.28. The van der Waals surface area contributed by atoms with E-state index in [4.69, 9.17) is 16.3 Å². The minimum atomic E-state index is -0.311. The SMILES string of the molecule is COc1ccc(Cl)cc1C(=O)NCCn1ncc2c(=O)n(Cc3ccccc3)cnc21. The van der Waals surface area contributed by atoms with Crippen molar-refractivity contribution in [2.24, 2.45) is 0 Å². The van der Waals surface area contributed by atoms with Crippen LogP contribution in [0, 0.1) is 0 Å². The Bertz CT molecular complexity index is 1280. The molecule has 0 spiro atoms. The lowest BCUT2D eigenvalue weighted by molar-refractivity contribution is 0.0949. The van der Waals surface area contributed by atoms with Gasteiger partial charge in [0, 0.05) is 11.6 Å². The van der Waals surface area contributed by atoms with E-state index in [0.717, 1.165) is 5.56 Å². The third-order valence-corrected chi connectivity index (χ3v) is 5.07. The number of carbonyl (C=O) groups is 1. The minimum Gasteiger partial charge on any atom is -0.496 e. The van der Waals surface area contributed by atoms with Gasteiger partial charge in [-0.1, -0.05) is 41.9 Å². The maximum absolute atomic E-state index is 12.8. The first-order valence-electron chi connectivity index (χ1n) is 9.63. The van der Waals surface area contributed by atoms with Crippen molar-refractivity contribution in [3.8, 4) is 5.75 Å². The van der Waals surface area contributed by atoms with Crippen molar-refractivity contribution in [1.29, 1.82) is 0 Å². The van der Waals surface area contributed by atoms with Crippen LogP contribution in [0.3, 0.4) is 0 Å². The van der Waals surface area contributed by atoms with E-state index in [1.165, 1.54) is 19.6 Å². The lowest BCUT2D eigenvalue weighted by atomic mass is 10.2. The Morgan fingerprint density at radius 3 is 2.77 bits per heavy atom.